The molecule has 0 aromatic carbocycles. The van der Waals surface area contributed by atoms with Gasteiger partial charge in [0.25, 0.3) is 0 Å². The van der Waals surface area contributed by atoms with Crippen LogP contribution in [0.5, 0.6) is 0 Å². The van der Waals surface area contributed by atoms with Crippen molar-refractivity contribution in [3.8, 4) is 0 Å². The van der Waals surface area contributed by atoms with Gasteiger partial charge in [-0.15, -0.1) is 0 Å². The van der Waals surface area contributed by atoms with Crippen molar-refractivity contribution in [3.05, 3.63) is 48.6 Å². The molecule has 2 aliphatic rings. The molecule has 0 saturated carbocycles. The van der Waals surface area contributed by atoms with E-state index in [1.807, 2.05) is 0 Å². The monoisotopic (exact) mass is 1110 g/mol. The average molecular weight is 1110 g/mol. The number of carbonyl (C=O) groups excluding carboxylic acids is 2. The highest BCUT2D eigenvalue weighted by atomic mass is 16.7. The van der Waals surface area contributed by atoms with Gasteiger partial charge in [-0.3, -0.25) is 9.59 Å². The highest BCUT2D eigenvalue weighted by Crippen LogP contribution is 2.27. The Kier molecular flexibility index (Phi) is 45.1. The van der Waals surface area contributed by atoms with Crippen LogP contribution < -0.4 is 0 Å². The molecular formula is C63H112O15. The molecule has 2 aliphatic heterocycles. The lowest BCUT2D eigenvalue weighted by Gasteiger charge is -2.42. The molecule has 15 heteroatoms. The number of esters is 2. The van der Waals surface area contributed by atoms with Gasteiger partial charge in [0.05, 0.1) is 19.8 Å². The number of aliphatic hydroxyl groups is 7. The van der Waals surface area contributed by atoms with E-state index in [4.69, 9.17) is 28.4 Å². The highest BCUT2D eigenvalue weighted by molar-refractivity contribution is 5.70. The third-order valence-corrected chi connectivity index (χ3v) is 14.8. The van der Waals surface area contributed by atoms with Gasteiger partial charge in [-0.1, -0.05) is 204 Å². The van der Waals surface area contributed by atoms with Gasteiger partial charge < -0.3 is 64.2 Å². The minimum Gasteiger partial charge on any atom is -0.462 e. The van der Waals surface area contributed by atoms with E-state index >= 15 is 0 Å². The molecular weight excluding hydrogens is 997 g/mol. The van der Waals surface area contributed by atoms with Crippen molar-refractivity contribution >= 4 is 11.9 Å². The first-order valence-corrected chi connectivity index (χ1v) is 31.2. The molecule has 11 atom stereocenters. The van der Waals surface area contributed by atoms with Crippen molar-refractivity contribution in [3.63, 3.8) is 0 Å². The van der Waals surface area contributed by atoms with Gasteiger partial charge in [0, 0.05) is 12.8 Å². The Morgan fingerprint density at radius 3 is 1.31 bits per heavy atom. The summed E-state index contributed by atoms with van der Waals surface area (Å²) in [6.07, 6.45) is 41.4. The fourth-order valence-electron chi connectivity index (χ4n) is 9.68. The summed E-state index contributed by atoms with van der Waals surface area (Å²) in [6.45, 7) is 2.57. The summed E-state index contributed by atoms with van der Waals surface area (Å²) in [5.74, 6) is -0.972. The molecule has 0 aromatic heterocycles. The number of hydrogen-bond donors (Lipinski definition) is 7. The number of allylic oxidation sites excluding steroid dienone is 8. The van der Waals surface area contributed by atoms with Gasteiger partial charge in [0.1, 0.15) is 55.4 Å². The molecule has 7 N–H and O–H groups in total. The minimum absolute atomic E-state index is 0.152. The summed E-state index contributed by atoms with van der Waals surface area (Å²) in [4.78, 5) is 25.9. The number of unbranched alkanes of at least 4 members (excludes halogenated alkanes) is 28. The van der Waals surface area contributed by atoms with Crippen LogP contribution in [-0.4, -0.2) is 142 Å². The van der Waals surface area contributed by atoms with Crippen molar-refractivity contribution in [1.29, 1.82) is 0 Å². The summed E-state index contributed by atoms with van der Waals surface area (Å²) in [6, 6.07) is 0. The molecule has 0 aliphatic carbocycles. The Morgan fingerprint density at radius 2 is 0.795 bits per heavy atom. The zero-order valence-corrected chi connectivity index (χ0v) is 48.7. The first-order chi connectivity index (χ1) is 38.0. The lowest BCUT2D eigenvalue weighted by molar-refractivity contribution is -0.332. The molecule has 2 rings (SSSR count). The molecule has 2 fully saturated rings. The van der Waals surface area contributed by atoms with Crippen LogP contribution in [0.3, 0.4) is 0 Å². The van der Waals surface area contributed by atoms with Crippen LogP contribution in [0.15, 0.2) is 48.6 Å². The minimum atomic E-state index is -1.77. The van der Waals surface area contributed by atoms with Crippen LogP contribution in [0.1, 0.15) is 245 Å². The first-order valence-electron chi connectivity index (χ1n) is 31.2. The SMILES string of the molecule is CCCCC/C=C/C/C=C/CCCCCCCCCCCC(=O)O[C@@H](COC(=O)CCC/C=C/CC/C=C/CCCCCCCCCCCCCCCC)CO[C@@H]1O[C@H](CO[C@@H]2O[C@H](CO)[C@H](O)C(O)C2O)[C@H](O)C(O)C1O. The molecule has 15 nitrogen and oxygen atoms in total. The van der Waals surface area contributed by atoms with Crippen LogP contribution in [-0.2, 0) is 38.0 Å². The lowest BCUT2D eigenvalue weighted by Crippen LogP contribution is -2.61. The lowest BCUT2D eigenvalue weighted by atomic mass is 9.98. The molecule has 454 valence electrons. The molecule has 0 amide bonds. The predicted molar refractivity (Wildman–Crippen MR) is 307 cm³/mol. The largest absolute Gasteiger partial charge is 0.462 e. The summed E-state index contributed by atoms with van der Waals surface area (Å²) in [7, 11) is 0. The van der Waals surface area contributed by atoms with Crippen LogP contribution >= 0.6 is 0 Å². The average Bonchev–Trinajstić information content (AvgIpc) is 3.43. The smallest absolute Gasteiger partial charge is 0.306 e. The Morgan fingerprint density at radius 1 is 0.410 bits per heavy atom. The maximum Gasteiger partial charge on any atom is 0.306 e. The van der Waals surface area contributed by atoms with Crippen LogP contribution in [0, 0.1) is 0 Å². The second kappa shape index (κ2) is 49.1. The van der Waals surface area contributed by atoms with Gasteiger partial charge in [-0.2, -0.15) is 0 Å². The van der Waals surface area contributed by atoms with E-state index in [1.54, 1.807) is 0 Å². The number of aliphatic hydroxyl groups excluding tert-OH is 7. The topological polar surface area (TPSA) is 231 Å². The van der Waals surface area contributed by atoms with Crippen LogP contribution in [0.25, 0.3) is 0 Å². The second-order valence-electron chi connectivity index (χ2n) is 21.9. The highest BCUT2D eigenvalue weighted by Gasteiger charge is 2.47. The Balaban J connectivity index is 1.74. The third-order valence-electron chi connectivity index (χ3n) is 14.8. The Hall–Kier alpha value is -2.54. The van der Waals surface area contributed by atoms with Gasteiger partial charge in [-0.05, 0) is 77.0 Å². The third kappa shape index (κ3) is 35.3. The Bertz CT molecular complexity index is 1540. The van der Waals surface area contributed by atoms with Crippen molar-refractivity contribution in [1.82, 2.24) is 0 Å². The normalized spacial score (nSPS) is 24.3. The number of ether oxygens (including phenoxy) is 6. The number of carbonyl (C=O) groups is 2. The molecule has 2 heterocycles. The second-order valence-corrected chi connectivity index (χ2v) is 21.9. The van der Waals surface area contributed by atoms with Gasteiger partial charge in [0.2, 0.25) is 0 Å². The van der Waals surface area contributed by atoms with E-state index in [0.717, 1.165) is 57.8 Å². The maximum atomic E-state index is 13.1. The fraction of sp³-hybridized carbons (Fsp3) is 0.841. The maximum absolute atomic E-state index is 13.1. The van der Waals surface area contributed by atoms with E-state index < -0.39 is 99.3 Å². The Labute approximate surface area is 471 Å². The van der Waals surface area contributed by atoms with Gasteiger partial charge >= 0.3 is 11.9 Å². The quantitative estimate of drug-likeness (QED) is 0.0171. The summed E-state index contributed by atoms with van der Waals surface area (Å²) in [5, 5.41) is 72.4. The molecule has 0 aromatic rings. The molecule has 0 spiro atoms. The zero-order chi connectivity index (χ0) is 56.7. The van der Waals surface area contributed by atoms with Crippen molar-refractivity contribution < 1.29 is 73.8 Å². The molecule has 4 unspecified atom stereocenters. The number of hydrogen-bond acceptors (Lipinski definition) is 15. The number of rotatable bonds is 50. The molecule has 78 heavy (non-hydrogen) atoms. The molecule has 0 bridgehead atoms. The molecule has 0 radical (unpaired) electrons. The fourth-order valence-corrected chi connectivity index (χ4v) is 9.68. The van der Waals surface area contributed by atoms with Gasteiger partial charge in [0.15, 0.2) is 18.7 Å². The zero-order valence-electron chi connectivity index (χ0n) is 48.7. The van der Waals surface area contributed by atoms with E-state index in [0.29, 0.717) is 19.3 Å². The van der Waals surface area contributed by atoms with Crippen LogP contribution in [0.4, 0.5) is 0 Å². The standard InChI is InChI=1S/C63H112O15/c1-3-5-7-9-11-13-15-17-19-21-23-24-25-26-28-29-31-33-35-37-39-41-43-45-54(65)73-48-51(76-55(66)46-44-42-40-38-36-34-32-30-27-22-20-18-16-14-12-10-8-6-4-2)49-74-62-61(72)59(70)57(68)53(78-62)50-75-63-60(71)58(69)56(67)52(47-64)77-63/h12,14,18,20,29,31,37,39,51-53,56-64,67-72H,3-11,13,15-17,19,21-28,30,32-36,38,40-50H2,1-2H3/b14-12+,20-18+,31-29+,39-37+/t51-,52+,53+,56-,57-,58?,59?,60?,61?,62+,63+/m0/s1. The van der Waals surface area contributed by atoms with Crippen molar-refractivity contribution in [2.75, 3.05) is 26.4 Å². The van der Waals surface area contributed by atoms with Crippen molar-refractivity contribution in [2.24, 2.45) is 0 Å². The summed E-state index contributed by atoms with van der Waals surface area (Å²) in [5.41, 5.74) is 0. The first kappa shape index (κ1) is 71.6. The molecule has 2 saturated heterocycles. The van der Waals surface area contributed by atoms with Crippen LogP contribution in [0.2, 0.25) is 0 Å². The summed E-state index contributed by atoms with van der Waals surface area (Å²) < 4.78 is 33.7. The van der Waals surface area contributed by atoms with E-state index in [2.05, 4.69) is 62.5 Å². The van der Waals surface area contributed by atoms with E-state index in [9.17, 15) is 45.3 Å². The van der Waals surface area contributed by atoms with Crippen molar-refractivity contribution in [2.45, 2.75) is 313 Å². The van der Waals surface area contributed by atoms with E-state index in [-0.39, 0.29) is 19.4 Å². The predicted octanol–water partition coefficient (Wildman–Crippen LogP) is 11.4. The van der Waals surface area contributed by atoms with Gasteiger partial charge in [-0.25, -0.2) is 0 Å². The van der Waals surface area contributed by atoms with E-state index in [1.165, 1.54) is 141 Å². The summed E-state index contributed by atoms with van der Waals surface area (Å²) >= 11 is 0.